The van der Waals surface area contributed by atoms with E-state index in [-0.39, 0.29) is 5.60 Å². The molecule has 2 nitrogen and oxygen atoms in total. The number of anilines is 1. The van der Waals surface area contributed by atoms with Crippen LogP contribution in [0.5, 0.6) is 0 Å². The number of nitrogens with one attached hydrogen (secondary N) is 1. The van der Waals surface area contributed by atoms with E-state index in [1.165, 1.54) is 0 Å². The van der Waals surface area contributed by atoms with Crippen LogP contribution in [-0.4, -0.2) is 18.2 Å². The first-order valence-corrected chi connectivity index (χ1v) is 7.41. The summed E-state index contributed by atoms with van der Waals surface area (Å²) in [6, 6.07) is 6.59. The van der Waals surface area contributed by atoms with Crippen molar-refractivity contribution in [1.82, 2.24) is 0 Å². The Bertz CT molecular complexity index is 386. The number of benzene rings is 1. The summed E-state index contributed by atoms with van der Waals surface area (Å²) in [5.41, 5.74) is 1.11. The lowest BCUT2D eigenvalue weighted by Crippen LogP contribution is -2.40. The smallest absolute Gasteiger partial charge is 0.0646 e. The number of halogens is 2. The standard InChI is InChI=1S/C13H17Br2NO/c1-13(2)8-9(6-7-17-13)16-12-10(14)4-3-5-11(12)15/h3-5,9,16H,6-8H2,1-2H3. The van der Waals surface area contributed by atoms with Gasteiger partial charge in [0, 0.05) is 21.6 Å². The molecule has 0 aliphatic carbocycles. The maximum Gasteiger partial charge on any atom is 0.0646 e. The van der Waals surface area contributed by atoms with Gasteiger partial charge in [-0.3, -0.25) is 0 Å². The van der Waals surface area contributed by atoms with Gasteiger partial charge in [0.25, 0.3) is 0 Å². The highest BCUT2D eigenvalue weighted by Gasteiger charge is 2.29. The molecule has 0 radical (unpaired) electrons. The quantitative estimate of drug-likeness (QED) is 0.831. The summed E-state index contributed by atoms with van der Waals surface area (Å²) in [7, 11) is 0. The van der Waals surface area contributed by atoms with Crippen LogP contribution in [0.15, 0.2) is 27.1 Å². The van der Waals surface area contributed by atoms with Crippen molar-refractivity contribution >= 4 is 37.5 Å². The monoisotopic (exact) mass is 361 g/mol. The minimum Gasteiger partial charge on any atom is -0.380 e. The van der Waals surface area contributed by atoms with Gasteiger partial charge in [0.1, 0.15) is 0 Å². The summed E-state index contributed by atoms with van der Waals surface area (Å²) in [5.74, 6) is 0. The van der Waals surface area contributed by atoms with Gasteiger partial charge < -0.3 is 10.1 Å². The van der Waals surface area contributed by atoms with Crippen molar-refractivity contribution in [3.05, 3.63) is 27.1 Å². The zero-order valence-electron chi connectivity index (χ0n) is 10.1. The average Bonchev–Trinajstić information content (AvgIpc) is 2.22. The molecular weight excluding hydrogens is 346 g/mol. The van der Waals surface area contributed by atoms with E-state index in [1.54, 1.807) is 0 Å². The Labute approximate surface area is 119 Å². The lowest BCUT2D eigenvalue weighted by molar-refractivity contribution is -0.0553. The van der Waals surface area contributed by atoms with Crippen molar-refractivity contribution in [2.45, 2.75) is 38.3 Å². The number of para-hydroxylation sites is 1. The van der Waals surface area contributed by atoms with Gasteiger partial charge in [0.15, 0.2) is 0 Å². The zero-order chi connectivity index (χ0) is 12.5. The molecule has 17 heavy (non-hydrogen) atoms. The third-order valence-corrected chi connectivity index (χ3v) is 4.33. The van der Waals surface area contributed by atoms with Crippen LogP contribution in [-0.2, 0) is 4.74 Å². The molecule has 1 aromatic rings. The van der Waals surface area contributed by atoms with Crippen LogP contribution in [0, 0.1) is 0 Å². The maximum atomic E-state index is 5.73. The van der Waals surface area contributed by atoms with E-state index >= 15 is 0 Å². The Balaban J connectivity index is 2.10. The van der Waals surface area contributed by atoms with Gasteiger partial charge in [-0.1, -0.05) is 6.07 Å². The van der Waals surface area contributed by atoms with E-state index in [0.717, 1.165) is 34.1 Å². The second kappa shape index (κ2) is 5.29. The largest absolute Gasteiger partial charge is 0.380 e. The molecule has 0 spiro atoms. The molecule has 4 heteroatoms. The Kier molecular flexibility index (Phi) is 4.16. The Morgan fingerprint density at radius 2 is 1.94 bits per heavy atom. The van der Waals surface area contributed by atoms with Crippen molar-refractivity contribution in [2.75, 3.05) is 11.9 Å². The Morgan fingerprint density at radius 3 is 2.53 bits per heavy atom. The average molecular weight is 363 g/mol. The van der Waals surface area contributed by atoms with Gasteiger partial charge >= 0.3 is 0 Å². The number of rotatable bonds is 2. The van der Waals surface area contributed by atoms with Crippen LogP contribution >= 0.6 is 31.9 Å². The van der Waals surface area contributed by atoms with Gasteiger partial charge in [-0.15, -0.1) is 0 Å². The van der Waals surface area contributed by atoms with Crippen LogP contribution in [0.2, 0.25) is 0 Å². The molecule has 2 rings (SSSR count). The summed E-state index contributed by atoms with van der Waals surface area (Å²) < 4.78 is 7.92. The molecule has 94 valence electrons. The topological polar surface area (TPSA) is 21.3 Å². The molecular formula is C13H17Br2NO. The summed E-state index contributed by atoms with van der Waals surface area (Å²) >= 11 is 7.16. The molecule has 0 aromatic heterocycles. The molecule has 0 bridgehead atoms. The minimum atomic E-state index is -0.0242. The van der Waals surface area contributed by atoms with Crippen LogP contribution in [0.3, 0.4) is 0 Å². The maximum absolute atomic E-state index is 5.73. The normalized spacial score (nSPS) is 23.4. The molecule has 1 N–H and O–H groups in total. The third kappa shape index (κ3) is 3.46. The van der Waals surface area contributed by atoms with Crippen LogP contribution < -0.4 is 5.32 Å². The van der Waals surface area contributed by atoms with Gasteiger partial charge in [0.2, 0.25) is 0 Å². The molecule has 1 aliphatic rings. The van der Waals surface area contributed by atoms with E-state index in [2.05, 4.69) is 63.2 Å². The van der Waals surface area contributed by atoms with E-state index in [9.17, 15) is 0 Å². The van der Waals surface area contributed by atoms with Crippen molar-refractivity contribution in [1.29, 1.82) is 0 Å². The highest BCUT2D eigenvalue weighted by molar-refractivity contribution is 9.11. The predicted octanol–water partition coefficient (Wildman–Crippen LogP) is 4.58. The van der Waals surface area contributed by atoms with Crippen LogP contribution in [0.1, 0.15) is 26.7 Å². The Morgan fingerprint density at radius 1 is 1.29 bits per heavy atom. The van der Waals surface area contributed by atoms with Crippen molar-refractivity contribution in [2.24, 2.45) is 0 Å². The second-order valence-electron chi connectivity index (χ2n) is 5.04. The highest BCUT2D eigenvalue weighted by Crippen LogP contribution is 2.34. The lowest BCUT2D eigenvalue weighted by Gasteiger charge is -2.36. The lowest BCUT2D eigenvalue weighted by atomic mass is 9.94. The molecule has 1 aliphatic heterocycles. The summed E-state index contributed by atoms with van der Waals surface area (Å²) in [6.07, 6.45) is 2.08. The molecule has 1 fully saturated rings. The first-order valence-electron chi connectivity index (χ1n) is 5.82. The molecule has 0 saturated carbocycles. The van der Waals surface area contributed by atoms with E-state index in [1.807, 2.05) is 6.07 Å². The van der Waals surface area contributed by atoms with Gasteiger partial charge in [-0.25, -0.2) is 0 Å². The van der Waals surface area contributed by atoms with Crippen LogP contribution in [0.25, 0.3) is 0 Å². The van der Waals surface area contributed by atoms with Gasteiger partial charge in [0.05, 0.1) is 11.3 Å². The van der Waals surface area contributed by atoms with E-state index in [0.29, 0.717) is 6.04 Å². The summed E-state index contributed by atoms with van der Waals surface area (Å²) in [5, 5.41) is 3.60. The Hall–Kier alpha value is -0.0600. The second-order valence-corrected chi connectivity index (χ2v) is 6.75. The van der Waals surface area contributed by atoms with Crippen LogP contribution in [0.4, 0.5) is 5.69 Å². The molecule has 1 saturated heterocycles. The van der Waals surface area contributed by atoms with E-state index < -0.39 is 0 Å². The molecule has 0 amide bonds. The van der Waals surface area contributed by atoms with Gasteiger partial charge in [-0.2, -0.15) is 0 Å². The minimum absolute atomic E-state index is 0.0242. The molecule has 1 unspecified atom stereocenters. The number of hydrogen-bond acceptors (Lipinski definition) is 2. The summed E-state index contributed by atoms with van der Waals surface area (Å²) in [4.78, 5) is 0. The fourth-order valence-electron chi connectivity index (χ4n) is 2.19. The van der Waals surface area contributed by atoms with Crippen molar-refractivity contribution < 1.29 is 4.74 Å². The molecule has 1 atom stereocenters. The predicted molar refractivity (Wildman–Crippen MR) is 78.5 cm³/mol. The SMILES string of the molecule is CC1(C)CC(Nc2c(Br)cccc2Br)CCO1. The highest BCUT2D eigenvalue weighted by atomic mass is 79.9. The number of hydrogen-bond donors (Lipinski definition) is 1. The zero-order valence-corrected chi connectivity index (χ0v) is 13.3. The summed E-state index contributed by atoms with van der Waals surface area (Å²) in [6.45, 7) is 5.12. The fourth-order valence-corrected chi connectivity index (χ4v) is 3.42. The fraction of sp³-hybridized carbons (Fsp3) is 0.538. The van der Waals surface area contributed by atoms with E-state index in [4.69, 9.17) is 4.74 Å². The van der Waals surface area contributed by atoms with Crippen molar-refractivity contribution in [3.63, 3.8) is 0 Å². The number of ether oxygens (including phenoxy) is 1. The van der Waals surface area contributed by atoms with Crippen molar-refractivity contribution in [3.8, 4) is 0 Å². The molecule has 1 aromatic carbocycles. The first kappa shape index (κ1) is 13.4. The third-order valence-electron chi connectivity index (χ3n) is 3.01. The first-order chi connectivity index (χ1) is 7.98. The van der Waals surface area contributed by atoms with Gasteiger partial charge in [-0.05, 0) is 70.7 Å². The molecule has 1 heterocycles.